The van der Waals surface area contributed by atoms with Crippen molar-refractivity contribution in [2.75, 3.05) is 7.11 Å². The van der Waals surface area contributed by atoms with Crippen molar-refractivity contribution in [2.45, 2.75) is 19.8 Å². The van der Waals surface area contributed by atoms with E-state index in [2.05, 4.69) is 15.0 Å². The van der Waals surface area contributed by atoms with E-state index in [0.29, 0.717) is 17.1 Å². The quantitative estimate of drug-likeness (QED) is 0.721. The predicted molar refractivity (Wildman–Crippen MR) is 91.4 cm³/mol. The summed E-state index contributed by atoms with van der Waals surface area (Å²) in [5.41, 5.74) is -0.707. The summed E-state index contributed by atoms with van der Waals surface area (Å²) in [6, 6.07) is 2.52. The van der Waals surface area contributed by atoms with Gasteiger partial charge >= 0.3 is 5.69 Å². The number of halogens is 2. The molecular formula is C16H14ClFN4O3. The smallest absolute Gasteiger partial charge is 0.334 e. The molecule has 0 aromatic carbocycles. The molecule has 0 aliphatic carbocycles. The Bertz CT molecular complexity index is 1090. The minimum Gasteiger partial charge on any atom is -0.494 e. The number of ether oxygens (including phenoxy) is 1. The summed E-state index contributed by atoms with van der Waals surface area (Å²) in [4.78, 5) is 35.0. The van der Waals surface area contributed by atoms with E-state index in [1.54, 1.807) is 12.3 Å². The lowest BCUT2D eigenvalue weighted by Crippen LogP contribution is -2.31. The number of methoxy groups -OCH3 is 1. The molecule has 3 rings (SSSR count). The molecule has 0 spiro atoms. The number of pyridine rings is 2. The number of hydrogen-bond acceptors (Lipinski definition) is 5. The minimum absolute atomic E-state index is 0.0603. The monoisotopic (exact) mass is 364 g/mol. The molecule has 0 aliphatic heterocycles. The Kier molecular flexibility index (Phi) is 4.30. The fourth-order valence-electron chi connectivity index (χ4n) is 2.58. The third-order valence-electron chi connectivity index (χ3n) is 3.70. The molecule has 3 aromatic heterocycles. The summed E-state index contributed by atoms with van der Waals surface area (Å²) in [6.45, 7) is 3.79. The lowest BCUT2D eigenvalue weighted by Gasteiger charge is -2.17. The molecule has 3 heterocycles. The van der Waals surface area contributed by atoms with E-state index < -0.39 is 22.2 Å². The Morgan fingerprint density at radius 1 is 1.36 bits per heavy atom. The van der Waals surface area contributed by atoms with E-state index >= 15 is 0 Å². The van der Waals surface area contributed by atoms with Crippen molar-refractivity contribution in [2.24, 2.45) is 0 Å². The van der Waals surface area contributed by atoms with Crippen LogP contribution in [-0.4, -0.2) is 26.6 Å². The Morgan fingerprint density at radius 3 is 2.72 bits per heavy atom. The van der Waals surface area contributed by atoms with Crippen LogP contribution in [0.1, 0.15) is 25.5 Å². The summed E-state index contributed by atoms with van der Waals surface area (Å²) in [6.07, 6.45) is 1.55. The van der Waals surface area contributed by atoms with Gasteiger partial charge in [-0.15, -0.1) is 0 Å². The van der Waals surface area contributed by atoms with Crippen molar-refractivity contribution in [1.29, 1.82) is 0 Å². The summed E-state index contributed by atoms with van der Waals surface area (Å²) >= 11 is 5.77. The van der Waals surface area contributed by atoms with Gasteiger partial charge in [-0.1, -0.05) is 25.4 Å². The molecule has 7 nitrogen and oxygen atoms in total. The van der Waals surface area contributed by atoms with Gasteiger partial charge in [-0.05, 0) is 12.0 Å². The number of hydrogen-bond donors (Lipinski definition) is 1. The van der Waals surface area contributed by atoms with Crippen LogP contribution in [0.15, 0.2) is 27.9 Å². The van der Waals surface area contributed by atoms with Gasteiger partial charge in [0.1, 0.15) is 11.4 Å². The highest BCUT2D eigenvalue weighted by atomic mass is 35.5. The summed E-state index contributed by atoms with van der Waals surface area (Å²) in [7, 11) is 1.45. The number of fused-ring (bicyclic) bond motifs is 1. The lowest BCUT2D eigenvalue weighted by atomic mass is 10.1. The van der Waals surface area contributed by atoms with Crippen LogP contribution in [0.25, 0.3) is 16.7 Å². The standard InChI is InChI=1S/C16H14ClFN4O3/c1-7(2)11-12(10(25-3)4-5-19-11)22-14-8(15(23)21-16(22)24)6-9(18)13(17)20-14/h4-7H,1-3H3,(H,21,23,24). The van der Waals surface area contributed by atoms with Crippen LogP contribution >= 0.6 is 11.6 Å². The minimum atomic E-state index is -0.855. The maximum atomic E-state index is 13.7. The molecule has 25 heavy (non-hydrogen) atoms. The first-order valence-corrected chi connectivity index (χ1v) is 7.77. The van der Waals surface area contributed by atoms with Crippen molar-refractivity contribution in [3.63, 3.8) is 0 Å². The fraction of sp³-hybridized carbons (Fsp3) is 0.250. The largest absolute Gasteiger partial charge is 0.494 e. The first-order chi connectivity index (χ1) is 11.8. The number of rotatable bonds is 3. The Morgan fingerprint density at radius 2 is 2.08 bits per heavy atom. The normalized spacial score (nSPS) is 11.3. The Balaban J connectivity index is 2.56. The number of aromatic nitrogens is 4. The topological polar surface area (TPSA) is 89.9 Å². The lowest BCUT2D eigenvalue weighted by molar-refractivity contribution is 0.410. The van der Waals surface area contributed by atoms with E-state index in [9.17, 15) is 14.0 Å². The van der Waals surface area contributed by atoms with Gasteiger partial charge in [-0.3, -0.25) is 14.8 Å². The molecular weight excluding hydrogens is 351 g/mol. The first-order valence-electron chi connectivity index (χ1n) is 7.39. The molecule has 0 radical (unpaired) electrons. The Hall–Kier alpha value is -2.74. The molecule has 0 aliphatic rings. The number of nitrogens with one attached hydrogen (secondary N) is 1. The zero-order chi connectivity index (χ0) is 18.3. The third-order valence-corrected chi connectivity index (χ3v) is 3.96. The van der Waals surface area contributed by atoms with Crippen molar-refractivity contribution < 1.29 is 9.13 Å². The van der Waals surface area contributed by atoms with Crippen LogP contribution in [0.2, 0.25) is 5.15 Å². The predicted octanol–water partition coefficient (Wildman–Crippen LogP) is 2.39. The van der Waals surface area contributed by atoms with Gasteiger partial charge in [0.15, 0.2) is 16.6 Å². The van der Waals surface area contributed by atoms with E-state index in [1.807, 2.05) is 13.8 Å². The van der Waals surface area contributed by atoms with Gasteiger partial charge in [-0.25, -0.2) is 18.7 Å². The van der Waals surface area contributed by atoms with Gasteiger partial charge < -0.3 is 4.74 Å². The highest BCUT2D eigenvalue weighted by molar-refractivity contribution is 6.29. The van der Waals surface area contributed by atoms with E-state index in [-0.39, 0.29) is 17.0 Å². The molecule has 0 amide bonds. The molecule has 0 fully saturated rings. The van der Waals surface area contributed by atoms with Crippen LogP contribution < -0.4 is 16.0 Å². The molecule has 0 saturated heterocycles. The molecule has 0 unspecified atom stereocenters. The van der Waals surface area contributed by atoms with Gasteiger partial charge in [0.25, 0.3) is 5.56 Å². The van der Waals surface area contributed by atoms with Crippen LogP contribution in [-0.2, 0) is 0 Å². The van der Waals surface area contributed by atoms with Crippen molar-refractivity contribution in [1.82, 2.24) is 19.5 Å². The number of H-pyrrole nitrogens is 1. The highest BCUT2D eigenvalue weighted by Crippen LogP contribution is 2.30. The molecule has 3 aromatic rings. The molecule has 0 bridgehead atoms. The molecule has 1 N–H and O–H groups in total. The first kappa shape index (κ1) is 17.1. The maximum absolute atomic E-state index is 13.7. The Labute approximate surface area is 146 Å². The van der Waals surface area contributed by atoms with Crippen molar-refractivity contribution in [3.05, 3.63) is 55.8 Å². The average molecular weight is 365 g/mol. The molecule has 9 heteroatoms. The number of nitrogens with zero attached hydrogens (tertiary/aromatic N) is 3. The number of aromatic amines is 1. The zero-order valence-electron chi connectivity index (χ0n) is 13.6. The fourth-order valence-corrected chi connectivity index (χ4v) is 2.72. The van der Waals surface area contributed by atoms with Crippen molar-refractivity contribution in [3.8, 4) is 11.4 Å². The van der Waals surface area contributed by atoms with E-state index in [4.69, 9.17) is 16.3 Å². The zero-order valence-corrected chi connectivity index (χ0v) is 14.4. The van der Waals surface area contributed by atoms with Crippen molar-refractivity contribution >= 4 is 22.6 Å². The second kappa shape index (κ2) is 6.29. The van der Waals surface area contributed by atoms with Crippen LogP contribution in [0, 0.1) is 5.82 Å². The van der Waals surface area contributed by atoms with E-state index in [1.165, 1.54) is 7.11 Å². The second-order valence-electron chi connectivity index (χ2n) is 5.63. The van der Waals surface area contributed by atoms with Gasteiger partial charge in [-0.2, -0.15) is 0 Å². The van der Waals surface area contributed by atoms with Gasteiger partial charge in [0, 0.05) is 12.3 Å². The SMILES string of the molecule is COc1ccnc(C(C)C)c1-n1c(=O)[nH]c(=O)c2cc(F)c(Cl)nc21. The molecule has 0 atom stereocenters. The second-order valence-corrected chi connectivity index (χ2v) is 5.99. The van der Waals surface area contributed by atoms with Crippen LogP contribution in [0.3, 0.4) is 0 Å². The third kappa shape index (κ3) is 2.78. The van der Waals surface area contributed by atoms with Gasteiger partial charge in [0.05, 0.1) is 18.2 Å². The van der Waals surface area contributed by atoms with E-state index in [0.717, 1.165) is 10.6 Å². The molecule has 130 valence electrons. The average Bonchev–Trinajstić information content (AvgIpc) is 2.56. The highest BCUT2D eigenvalue weighted by Gasteiger charge is 2.21. The van der Waals surface area contributed by atoms with Crippen LogP contribution in [0.5, 0.6) is 5.75 Å². The summed E-state index contributed by atoms with van der Waals surface area (Å²) < 4.78 is 20.2. The molecule has 0 saturated carbocycles. The van der Waals surface area contributed by atoms with Gasteiger partial charge in [0.2, 0.25) is 0 Å². The van der Waals surface area contributed by atoms with Crippen LogP contribution in [0.4, 0.5) is 4.39 Å². The summed E-state index contributed by atoms with van der Waals surface area (Å²) in [5, 5.41) is -0.553. The summed E-state index contributed by atoms with van der Waals surface area (Å²) in [5.74, 6) is -0.557. The maximum Gasteiger partial charge on any atom is 0.334 e.